The molecule has 0 heterocycles. The molecule has 1 aromatic rings. The third kappa shape index (κ3) is 2.60. The smallest absolute Gasteiger partial charge is 0.0294 e. The lowest BCUT2D eigenvalue weighted by molar-refractivity contribution is 0.388. The summed E-state index contributed by atoms with van der Waals surface area (Å²) in [5, 5.41) is 3.74. The zero-order valence-corrected chi connectivity index (χ0v) is 9.74. The van der Waals surface area contributed by atoms with Crippen LogP contribution < -0.4 is 5.32 Å². The highest BCUT2D eigenvalue weighted by Crippen LogP contribution is 2.27. The quantitative estimate of drug-likeness (QED) is 0.792. The van der Waals surface area contributed by atoms with Crippen molar-refractivity contribution in [3.05, 3.63) is 35.9 Å². The van der Waals surface area contributed by atoms with E-state index in [9.17, 15) is 0 Å². The molecule has 3 atom stereocenters. The summed E-state index contributed by atoms with van der Waals surface area (Å²) in [6, 6.07) is 11.9. The highest BCUT2D eigenvalue weighted by Gasteiger charge is 2.24. The monoisotopic (exact) mass is 203 g/mol. The molecule has 0 aliphatic heterocycles. The van der Waals surface area contributed by atoms with E-state index in [4.69, 9.17) is 0 Å². The normalized spacial score (nSPS) is 27.9. The van der Waals surface area contributed by atoms with Crippen LogP contribution in [0, 0.1) is 5.92 Å². The van der Waals surface area contributed by atoms with Gasteiger partial charge in [0.15, 0.2) is 0 Å². The Morgan fingerprint density at radius 2 is 1.93 bits per heavy atom. The molecule has 1 aromatic carbocycles. The molecule has 0 amide bonds. The molecule has 0 radical (unpaired) electrons. The van der Waals surface area contributed by atoms with E-state index in [1.165, 1.54) is 24.8 Å². The van der Waals surface area contributed by atoms with Crippen molar-refractivity contribution in [3.8, 4) is 0 Å². The van der Waals surface area contributed by atoms with Gasteiger partial charge in [-0.15, -0.1) is 0 Å². The standard InChI is InChI=1S/C14H21N/c1-11-7-6-10-14(11)15-12(2)13-8-4-3-5-9-13/h3-5,8-9,11-12,14-15H,6-7,10H2,1-2H3/t11?,12-,14?/m0/s1. The minimum absolute atomic E-state index is 0.483. The van der Waals surface area contributed by atoms with Crippen molar-refractivity contribution in [2.24, 2.45) is 5.92 Å². The molecule has 2 rings (SSSR count). The second kappa shape index (κ2) is 4.80. The molecule has 1 saturated carbocycles. The van der Waals surface area contributed by atoms with Crippen molar-refractivity contribution in [2.75, 3.05) is 0 Å². The second-order valence-electron chi connectivity index (χ2n) is 4.81. The summed E-state index contributed by atoms with van der Waals surface area (Å²) in [6.07, 6.45) is 4.12. The van der Waals surface area contributed by atoms with Crippen molar-refractivity contribution >= 4 is 0 Å². The van der Waals surface area contributed by atoms with Gasteiger partial charge in [-0.25, -0.2) is 0 Å². The van der Waals surface area contributed by atoms with Gasteiger partial charge in [-0.1, -0.05) is 43.7 Å². The average Bonchev–Trinajstić information content (AvgIpc) is 2.66. The SMILES string of the molecule is CC1CCCC1N[C@@H](C)c1ccccc1. The lowest BCUT2D eigenvalue weighted by Gasteiger charge is -2.23. The van der Waals surface area contributed by atoms with Crippen LogP contribution in [0.15, 0.2) is 30.3 Å². The molecule has 1 nitrogen and oxygen atoms in total. The first kappa shape index (κ1) is 10.7. The van der Waals surface area contributed by atoms with Crippen LogP contribution in [-0.2, 0) is 0 Å². The Kier molecular flexibility index (Phi) is 3.42. The van der Waals surface area contributed by atoms with Crippen LogP contribution in [-0.4, -0.2) is 6.04 Å². The van der Waals surface area contributed by atoms with Gasteiger partial charge >= 0.3 is 0 Å². The van der Waals surface area contributed by atoms with Crippen LogP contribution in [0.25, 0.3) is 0 Å². The molecule has 1 aliphatic carbocycles. The van der Waals surface area contributed by atoms with E-state index in [-0.39, 0.29) is 0 Å². The summed E-state index contributed by atoms with van der Waals surface area (Å²) in [5.74, 6) is 0.844. The molecule has 0 saturated heterocycles. The fourth-order valence-electron chi connectivity index (χ4n) is 2.55. The molecule has 1 aliphatic rings. The first-order chi connectivity index (χ1) is 7.27. The highest BCUT2D eigenvalue weighted by atomic mass is 15.0. The van der Waals surface area contributed by atoms with Gasteiger partial charge < -0.3 is 5.32 Å². The second-order valence-corrected chi connectivity index (χ2v) is 4.81. The number of hydrogen-bond donors (Lipinski definition) is 1. The fourth-order valence-corrected chi connectivity index (χ4v) is 2.55. The lowest BCUT2D eigenvalue weighted by Crippen LogP contribution is -2.33. The molecule has 1 heteroatoms. The van der Waals surface area contributed by atoms with E-state index < -0.39 is 0 Å². The largest absolute Gasteiger partial charge is 0.307 e. The summed E-state index contributed by atoms with van der Waals surface area (Å²) < 4.78 is 0. The Morgan fingerprint density at radius 1 is 1.20 bits per heavy atom. The minimum Gasteiger partial charge on any atom is -0.307 e. The van der Waals surface area contributed by atoms with E-state index in [1.54, 1.807) is 0 Å². The summed E-state index contributed by atoms with van der Waals surface area (Å²) in [7, 11) is 0. The molecule has 2 unspecified atom stereocenters. The van der Waals surface area contributed by atoms with Crippen LogP contribution in [0.5, 0.6) is 0 Å². The Labute approximate surface area is 92.9 Å². The fraction of sp³-hybridized carbons (Fsp3) is 0.571. The maximum Gasteiger partial charge on any atom is 0.0294 e. The number of rotatable bonds is 3. The van der Waals surface area contributed by atoms with E-state index in [1.807, 2.05) is 0 Å². The van der Waals surface area contributed by atoms with Crippen molar-refractivity contribution in [2.45, 2.75) is 45.2 Å². The van der Waals surface area contributed by atoms with Gasteiger partial charge in [0.05, 0.1) is 0 Å². The number of nitrogens with one attached hydrogen (secondary N) is 1. The maximum atomic E-state index is 3.74. The highest BCUT2D eigenvalue weighted by molar-refractivity contribution is 5.18. The molecule has 1 N–H and O–H groups in total. The molecule has 15 heavy (non-hydrogen) atoms. The van der Waals surface area contributed by atoms with Crippen molar-refractivity contribution in [1.82, 2.24) is 5.32 Å². The Hall–Kier alpha value is -0.820. The van der Waals surface area contributed by atoms with Gasteiger partial charge in [-0.05, 0) is 31.2 Å². The van der Waals surface area contributed by atoms with Crippen LogP contribution in [0.2, 0.25) is 0 Å². The molecule has 1 fully saturated rings. The van der Waals surface area contributed by atoms with Gasteiger partial charge in [0.2, 0.25) is 0 Å². The predicted molar refractivity (Wildman–Crippen MR) is 64.8 cm³/mol. The molecule has 82 valence electrons. The Bertz CT molecular complexity index is 293. The molecule has 0 spiro atoms. The third-order valence-corrected chi connectivity index (χ3v) is 3.63. The summed E-state index contributed by atoms with van der Waals surface area (Å²) in [6.45, 7) is 4.63. The van der Waals surface area contributed by atoms with Crippen LogP contribution >= 0.6 is 0 Å². The van der Waals surface area contributed by atoms with Crippen LogP contribution in [0.4, 0.5) is 0 Å². The summed E-state index contributed by atoms with van der Waals surface area (Å²) >= 11 is 0. The summed E-state index contributed by atoms with van der Waals surface area (Å²) in [4.78, 5) is 0. The van der Waals surface area contributed by atoms with E-state index >= 15 is 0 Å². The van der Waals surface area contributed by atoms with Gasteiger partial charge in [-0.2, -0.15) is 0 Å². The molecular weight excluding hydrogens is 182 g/mol. The zero-order chi connectivity index (χ0) is 10.7. The van der Waals surface area contributed by atoms with E-state index in [0.29, 0.717) is 6.04 Å². The number of benzene rings is 1. The molecule has 0 aromatic heterocycles. The first-order valence-electron chi connectivity index (χ1n) is 6.08. The molecule has 0 bridgehead atoms. The maximum absolute atomic E-state index is 3.74. The van der Waals surface area contributed by atoms with Gasteiger partial charge in [-0.3, -0.25) is 0 Å². The lowest BCUT2D eigenvalue weighted by atomic mass is 10.0. The molecular formula is C14H21N. The summed E-state index contributed by atoms with van der Waals surface area (Å²) in [5.41, 5.74) is 1.40. The van der Waals surface area contributed by atoms with Crippen molar-refractivity contribution < 1.29 is 0 Å². The Balaban J connectivity index is 1.95. The number of hydrogen-bond acceptors (Lipinski definition) is 1. The van der Waals surface area contributed by atoms with Crippen molar-refractivity contribution in [1.29, 1.82) is 0 Å². The van der Waals surface area contributed by atoms with Gasteiger partial charge in [0.1, 0.15) is 0 Å². The van der Waals surface area contributed by atoms with E-state index in [2.05, 4.69) is 49.5 Å². The average molecular weight is 203 g/mol. The van der Waals surface area contributed by atoms with Gasteiger partial charge in [0, 0.05) is 12.1 Å². The predicted octanol–water partition coefficient (Wildman–Crippen LogP) is 3.53. The third-order valence-electron chi connectivity index (χ3n) is 3.63. The topological polar surface area (TPSA) is 12.0 Å². The Morgan fingerprint density at radius 3 is 2.53 bits per heavy atom. The van der Waals surface area contributed by atoms with Gasteiger partial charge in [0.25, 0.3) is 0 Å². The van der Waals surface area contributed by atoms with Crippen LogP contribution in [0.1, 0.15) is 44.7 Å². The first-order valence-corrected chi connectivity index (χ1v) is 6.08. The van der Waals surface area contributed by atoms with Crippen molar-refractivity contribution in [3.63, 3.8) is 0 Å². The zero-order valence-electron chi connectivity index (χ0n) is 9.74. The van der Waals surface area contributed by atoms with Crippen LogP contribution in [0.3, 0.4) is 0 Å². The minimum atomic E-state index is 0.483. The van der Waals surface area contributed by atoms with E-state index in [0.717, 1.165) is 12.0 Å².